The molecule has 8 heteroatoms. The highest BCUT2D eigenvalue weighted by Gasteiger charge is 2.15. The van der Waals surface area contributed by atoms with Crippen molar-refractivity contribution in [2.75, 3.05) is 18.5 Å². The van der Waals surface area contributed by atoms with Crippen molar-refractivity contribution in [2.24, 2.45) is 0 Å². The fourth-order valence-corrected chi connectivity index (χ4v) is 2.75. The lowest BCUT2D eigenvalue weighted by Gasteiger charge is -2.20. The largest absolute Gasteiger partial charge is 0.481 e. The Labute approximate surface area is 148 Å². The van der Waals surface area contributed by atoms with Gasteiger partial charge in [0, 0.05) is 37.4 Å². The summed E-state index contributed by atoms with van der Waals surface area (Å²) in [5.41, 5.74) is 1.40. The summed E-state index contributed by atoms with van der Waals surface area (Å²) in [5, 5.41) is 10.5. The van der Waals surface area contributed by atoms with Crippen LogP contribution in [0.1, 0.15) is 6.42 Å². The standard InChI is InChI=1S/C16H14Cl2N4O2/c1-21(6-4-14(23)24)13-8-12(22-7-5-19-9-22)10-2-3-11(17)15(18)16(10)20-13/h2-3,5,7-9H,4,6H2,1H3,(H,23,24). The minimum atomic E-state index is -0.862. The average molecular weight is 365 g/mol. The molecule has 0 aliphatic heterocycles. The van der Waals surface area contributed by atoms with Gasteiger partial charge in [0.1, 0.15) is 5.82 Å². The van der Waals surface area contributed by atoms with E-state index < -0.39 is 5.97 Å². The molecule has 0 aliphatic carbocycles. The van der Waals surface area contributed by atoms with E-state index in [4.69, 9.17) is 28.3 Å². The number of pyridine rings is 1. The average Bonchev–Trinajstić information content (AvgIpc) is 3.09. The SMILES string of the molecule is CN(CCC(=O)O)c1cc(-n2ccnc2)c2ccc(Cl)c(Cl)c2n1. The maximum atomic E-state index is 10.8. The minimum Gasteiger partial charge on any atom is -0.481 e. The molecule has 0 radical (unpaired) electrons. The number of imidazole rings is 1. The number of hydrogen-bond donors (Lipinski definition) is 1. The van der Waals surface area contributed by atoms with Crippen molar-refractivity contribution in [3.63, 3.8) is 0 Å². The second-order valence-electron chi connectivity index (χ2n) is 5.29. The van der Waals surface area contributed by atoms with E-state index >= 15 is 0 Å². The number of halogens is 2. The van der Waals surface area contributed by atoms with Gasteiger partial charge in [0.2, 0.25) is 0 Å². The normalized spacial score (nSPS) is 11.0. The van der Waals surface area contributed by atoms with E-state index in [-0.39, 0.29) is 6.42 Å². The molecular weight excluding hydrogens is 351 g/mol. The monoisotopic (exact) mass is 364 g/mol. The first-order valence-corrected chi connectivity index (χ1v) is 7.93. The molecule has 0 aliphatic rings. The van der Waals surface area contributed by atoms with E-state index in [0.29, 0.717) is 27.9 Å². The van der Waals surface area contributed by atoms with Crippen molar-refractivity contribution in [2.45, 2.75) is 6.42 Å². The molecular formula is C16H14Cl2N4O2. The molecule has 1 N–H and O–H groups in total. The van der Waals surface area contributed by atoms with Crippen LogP contribution in [0.5, 0.6) is 0 Å². The second-order valence-corrected chi connectivity index (χ2v) is 6.08. The van der Waals surface area contributed by atoms with Crippen molar-refractivity contribution < 1.29 is 9.90 Å². The third-order valence-corrected chi connectivity index (χ3v) is 4.47. The highest BCUT2D eigenvalue weighted by atomic mass is 35.5. The van der Waals surface area contributed by atoms with Crippen LogP contribution in [0.25, 0.3) is 16.6 Å². The predicted octanol–water partition coefficient (Wildman–Crippen LogP) is 3.64. The summed E-state index contributed by atoms with van der Waals surface area (Å²) >= 11 is 12.4. The Kier molecular flexibility index (Phi) is 4.59. The van der Waals surface area contributed by atoms with Gasteiger partial charge in [0.15, 0.2) is 0 Å². The predicted molar refractivity (Wildman–Crippen MR) is 94.4 cm³/mol. The van der Waals surface area contributed by atoms with Crippen molar-refractivity contribution in [3.05, 3.63) is 47.0 Å². The molecule has 3 rings (SSSR count). The molecule has 0 atom stereocenters. The van der Waals surface area contributed by atoms with E-state index in [0.717, 1.165) is 11.1 Å². The third-order valence-electron chi connectivity index (χ3n) is 3.67. The topological polar surface area (TPSA) is 71.2 Å². The molecule has 0 spiro atoms. The molecule has 6 nitrogen and oxygen atoms in total. The molecule has 0 unspecified atom stereocenters. The number of benzene rings is 1. The number of aliphatic carboxylic acids is 1. The van der Waals surface area contributed by atoms with E-state index in [9.17, 15) is 4.79 Å². The smallest absolute Gasteiger partial charge is 0.305 e. The van der Waals surface area contributed by atoms with Crippen molar-refractivity contribution in [1.29, 1.82) is 0 Å². The highest BCUT2D eigenvalue weighted by molar-refractivity contribution is 6.45. The number of fused-ring (bicyclic) bond motifs is 1. The fourth-order valence-electron chi connectivity index (χ4n) is 2.39. The van der Waals surface area contributed by atoms with Gasteiger partial charge < -0.3 is 14.6 Å². The van der Waals surface area contributed by atoms with Crippen LogP contribution >= 0.6 is 23.2 Å². The number of carbonyl (C=O) groups is 1. The Balaban J connectivity index is 2.17. The Morgan fingerprint density at radius 2 is 2.17 bits per heavy atom. The lowest BCUT2D eigenvalue weighted by molar-refractivity contribution is -0.136. The van der Waals surface area contributed by atoms with Gasteiger partial charge >= 0.3 is 5.97 Å². The zero-order valence-corrected chi connectivity index (χ0v) is 14.3. The van der Waals surface area contributed by atoms with Crippen LogP contribution in [0.15, 0.2) is 36.9 Å². The van der Waals surface area contributed by atoms with Gasteiger partial charge in [-0.1, -0.05) is 23.2 Å². The number of carboxylic acid groups (broad SMARTS) is 1. The molecule has 0 saturated heterocycles. The van der Waals surface area contributed by atoms with Crippen LogP contribution in [0.3, 0.4) is 0 Å². The van der Waals surface area contributed by atoms with Gasteiger partial charge in [0.25, 0.3) is 0 Å². The fraction of sp³-hybridized carbons (Fsp3) is 0.188. The van der Waals surface area contributed by atoms with E-state index in [2.05, 4.69) is 9.97 Å². The summed E-state index contributed by atoms with van der Waals surface area (Å²) in [6, 6.07) is 5.45. The number of rotatable bonds is 5. The molecule has 0 fully saturated rings. The molecule has 0 saturated carbocycles. The summed E-state index contributed by atoms with van der Waals surface area (Å²) < 4.78 is 1.85. The Bertz CT molecular complexity index is 897. The molecule has 3 aromatic rings. The zero-order chi connectivity index (χ0) is 17.3. The highest BCUT2D eigenvalue weighted by Crippen LogP contribution is 2.34. The maximum Gasteiger partial charge on any atom is 0.305 e. The first-order valence-electron chi connectivity index (χ1n) is 7.17. The molecule has 24 heavy (non-hydrogen) atoms. The first-order chi connectivity index (χ1) is 11.5. The van der Waals surface area contributed by atoms with Crippen molar-refractivity contribution >= 4 is 45.9 Å². The van der Waals surface area contributed by atoms with Crippen LogP contribution in [0, 0.1) is 0 Å². The van der Waals surface area contributed by atoms with Crippen LogP contribution in [-0.2, 0) is 4.79 Å². The quantitative estimate of drug-likeness (QED) is 0.748. The number of anilines is 1. The molecule has 124 valence electrons. The lowest BCUT2D eigenvalue weighted by atomic mass is 10.1. The van der Waals surface area contributed by atoms with Crippen molar-refractivity contribution in [1.82, 2.24) is 14.5 Å². The van der Waals surface area contributed by atoms with Crippen molar-refractivity contribution in [3.8, 4) is 5.69 Å². The van der Waals surface area contributed by atoms with E-state index in [1.807, 2.05) is 22.9 Å². The van der Waals surface area contributed by atoms with Gasteiger partial charge in [-0.3, -0.25) is 4.79 Å². The summed E-state index contributed by atoms with van der Waals surface area (Å²) in [6.45, 7) is 0.329. The Morgan fingerprint density at radius 3 is 2.83 bits per heavy atom. The van der Waals surface area contributed by atoms with Crippen LogP contribution < -0.4 is 4.90 Å². The summed E-state index contributed by atoms with van der Waals surface area (Å²) in [6.07, 6.45) is 5.19. The number of nitrogens with zero attached hydrogens (tertiary/aromatic N) is 4. The summed E-state index contributed by atoms with van der Waals surface area (Å²) in [4.78, 5) is 21.2. The molecule has 0 amide bonds. The lowest BCUT2D eigenvalue weighted by Crippen LogP contribution is -2.22. The minimum absolute atomic E-state index is 0.0138. The van der Waals surface area contributed by atoms with E-state index in [1.54, 1.807) is 30.5 Å². The first kappa shape index (κ1) is 16.5. The third kappa shape index (κ3) is 3.16. The number of hydrogen-bond acceptors (Lipinski definition) is 4. The van der Waals surface area contributed by atoms with Gasteiger partial charge in [-0.15, -0.1) is 0 Å². The molecule has 0 bridgehead atoms. The van der Waals surface area contributed by atoms with Gasteiger partial charge in [-0.05, 0) is 12.1 Å². The molecule has 1 aromatic carbocycles. The molecule has 2 aromatic heterocycles. The van der Waals surface area contributed by atoms with Crippen LogP contribution in [0.2, 0.25) is 10.0 Å². The van der Waals surface area contributed by atoms with Crippen LogP contribution in [-0.4, -0.2) is 39.2 Å². The summed E-state index contributed by atoms with van der Waals surface area (Å²) in [7, 11) is 1.78. The number of aromatic nitrogens is 3. The zero-order valence-electron chi connectivity index (χ0n) is 12.8. The number of carboxylic acids is 1. The molecule has 2 heterocycles. The van der Waals surface area contributed by atoms with E-state index in [1.165, 1.54) is 0 Å². The van der Waals surface area contributed by atoms with Crippen LogP contribution in [0.4, 0.5) is 5.82 Å². The Hall–Kier alpha value is -2.31. The summed E-state index contributed by atoms with van der Waals surface area (Å²) in [5.74, 6) is -0.254. The maximum absolute atomic E-state index is 10.8. The van der Waals surface area contributed by atoms with Gasteiger partial charge in [-0.2, -0.15) is 0 Å². The second kappa shape index (κ2) is 6.67. The Morgan fingerprint density at radius 1 is 1.38 bits per heavy atom. The van der Waals surface area contributed by atoms with Gasteiger partial charge in [-0.25, -0.2) is 9.97 Å². The van der Waals surface area contributed by atoms with Gasteiger partial charge in [0.05, 0.1) is 34.0 Å².